The molecule has 0 saturated heterocycles. The number of rotatable bonds is 0. The maximum absolute atomic E-state index is 13.7. The highest BCUT2D eigenvalue weighted by molar-refractivity contribution is 6.25. The lowest BCUT2D eigenvalue weighted by atomic mass is 10.0. The molecule has 104 valence electrons. The van der Waals surface area contributed by atoms with Gasteiger partial charge in [0.05, 0.1) is 16.6 Å². The van der Waals surface area contributed by atoms with Crippen LogP contribution in [0.3, 0.4) is 0 Å². The summed E-state index contributed by atoms with van der Waals surface area (Å²) in [6.45, 7) is 0. The molecule has 0 N–H and O–H groups in total. The van der Waals surface area contributed by atoms with E-state index in [9.17, 15) is 31.1 Å². The van der Waals surface area contributed by atoms with E-state index >= 15 is 0 Å². The summed E-state index contributed by atoms with van der Waals surface area (Å²) < 4.78 is 81.2. The summed E-state index contributed by atoms with van der Waals surface area (Å²) in [6.07, 6.45) is 0. The molecular formula is C12H3F6NO. The largest absolute Gasteiger partial charge is 0.308 e. The van der Waals surface area contributed by atoms with Crippen molar-refractivity contribution in [2.24, 2.45) is 0 Å². The molecule has 0 unspecified atom stereocenters. The molecule has 0 fully saturated rings. The van der Waals surface area contributed by atoms with Crippen LogP contribution in [0.1, 0.15) is 10.4 Å². The van der Waals surface area contributed by atoms with Gasteiger partial charge >= 0.3 is 0 Å². The first-order valence-corrected chi connectivity index (χ1v) is 5.23. The van der Waals surface area contributed by atoms with E-state index in [1.165, 1.54) is 0 Å². The first-order chi connectivity index (χ1) is 9.29. The summed E-state index contributed by atoms with van der Waals surface area (Å²) in [5.74, 6) is -13.1. The van der Waals surface area contributed by atoms with E-state index in [2.05, 4.69) is 0 Å². The van der Waals surface area contributed by atoms with Gasteiger partial charge in [-0.25, -0.2) is 26.3 Å². The molecule has 1 aliphatic heterocycles. The highest BCUT2D eigenvalue weighted by atomic mass is 19.2. The van der Waals surface area contributed by atoms with Gasteiger partial charge in [0.2, 0.25) is 0 Å². The third-order valence-corrected chi connectivity index (χ3v) is 3.23. The number of nitrogens with zero attached hydrogens (tertiary/aromatic N) is 1. The number of anilines is 1. The van der Waals surface area contributed by atoms with Crippen LogP contribution in [-0.2, 0) is 0 Å². The molecule has 0 aromatic heterocycles. The van der Waals surface area contributed by atoms with E-state index < -0.39 is 62.8 Å². The number of amides is 1. The predicted octanol–water partition coefficient (Wildman–Crippen LogP) is 3.26. The van der Waals surface area contributed by atoms with Crippen molar-refractivity contribution in [3.05, 3.63) is 40.5 Å². The number of halogens is 6. The Balaban J connectivity index is 2.73. The third-order valence-electron chi connectivity index (χ3n) is 3.23. The van der Waals surface area contributed by atoms with Crippen LogP contribution in [0.5, 0.6) is 0 Å². The SMILES string of the molecule is CN1C(=O)c2c(F)c(F)c(F)c3c(F)c(F)c(F)c1c23. The van der Waals surface area contributed by atoms with E-state index in [4.69, 9.17) is 0 Å². The van der Waals surface area contributed by atoms with Gasteiger partial charge < -0.3 is 4.90 Å². The Bertz CT molecular complexity index is 808. The normalized spacial score (nSPS) is 13.8. The molecule has 1 aliphatic rings. The molecule has 0 aliphatic carbocycles. The topological polar surface area (TPSA) is 20.3 Å². The fourth-order valence-electron chi connectivity index (χ4n) is 2.31. The zero-order valence-corrected chi connectivity index (χ0v) is 9.62. The minimum absolute atomic E-state index is 0.470. The molecule has 2 aromatic carbocycles. The first-order valence-electron chi connectivity index (χ1n) is 5.23. The molecule has 1 heterocycles. The van der Waals surface area contributed by atoms with E-state index in [-0.39, 0.29) is 0 Å². The summed E-state index contributed by atoms with van der Waals surface area (Å²) in [6, 6.07) is 0. The van der Waals surface area contributed by atoms with Crippen molar-refractivity contribution in [3.8, 4) is 0 Å². The molecule has 0 spiro atoms. The summed E-state index contributed by atoms with van der Waals surface area (Å²) in [7, 11) is 0.951. The zero-order valence-electron chi connectivity index (χ0n) is 9.62. The van der Waals surface area contributed by atoms with Crippen LogP contribution in [0.15, 0.2) is 0 Å². The maximum Gasteiger partial charge on any atom is 0.261 e. The van der Waals surface area contributed by atoms with Gasteiger partial charge in [-0.2, -0.15) is 0 Å². The van der Waals surface area contributed by atoms with Gasteiger partial charge in [0.1, 0.15) is 0 Å². The molecule has 3 rings (SSSR count). The third kappa shape index (κ3) is 1.19. The second-order valence-electron chi connectivity index (χ2n) is 4.22. The van der Waals surface area contributed by atoms with Gasteiger partial charge in [0.15, 0.2) is 34.9 Å². The fourth-order valence-corrected chi connectivity index (χ4v) is 2.31. The molecule has 0 saturated carbocycles. The molecule has 0 radical (unpaired) electrons. The summed E-state index contributed by atoms with van der Waals surface area (Å²) >= 11 is 0. The van der Waals surface area contributed by atoms with Crippen LogP contribution < -0.4 is 4.90 Å². The van der Waals surface area contributed by atoms with Crippen LogP contribution >= 0.6 is 0 Å². The van der Waals surface area contributed by atoms with Crippen molar-refractivity contribution in [2.75, 3.05) is 11.9 Å². The van der Waals surface area contributed by atoms with Gasteiger partial charge in [-0.15, -0.1) is 0 Å². The lowest BCUT2D eigenvalue weighted by Crippen LogP contribution is -2.22. The first kappa shape index (κ1) is 12.8. The standard InChI is InChI=1S/C12H3F6NO/c1-19-11-2-3(6(14)9(17)10(11)18)5(13)8(16)7(15)4(2)12(19)20/h1H3. The van der Waals surface area contributed by atoms with Gasteiger partial charge in [0.25, 0.3) is 5.91 Å². The quantitative estimate of drug-likeness (QED) is 0.539. The van der Waals surface area contributed by atoms with Crippen molar-refractivity contribution in [2.45, 2.75) is 0 Å². The van der Waals surface area contributed by atoms with Crippen LogP contribution in [-0.4, -0.2) is 13.0 Å². The number of hydrogen-bond acceptors (Lipinski definition) is 1. The second-order valence-corrected chi connectivity index (χ2v) is 4.22. The smallest absolute Gasteiger partial charge is 0.261 e. The molecule has 0 bridgehead atoms. The Morgan fingerprint density at radius 3 is 1.75 bits per heavy atom. The number of benzene rings is 2. The Hall–Kier alpha value is -2.25. The Morgan fingerprint density at radius 2 is 1.20 bits per heavy atom. The predicted molar refractivity (Wildman–Crippen MR) is 56.4 cm³/mol. The van der Waals surface area contributed by atoms with Crippen LogP contribution in [0.25, 0.3) is 10.8 Å². The molecule has 8 heteroatoms. The van der Waals surface area contributed by atoms with Crippen molar-refractivity contribution < 1.29 is 31.1 Å². The molecule has 0 atom stereocenters. The number of carbonyl (C=O) groups is 1. The maximum atomic E-state index is 13.7. The monoisotopic (exact) mass is 291 g/mol. The zero-order chi connectivity index (χ0) is 14.9. The Morgan fingerprint density at radius 1 is 0.700 bits per heavy atom. The van der Waals surface area contributed by atoms with Gasteiger partial charge in [0, 0.05) is 12.4 Å². The summed E-state index contributed by atoms with van der Waals surface area (Å²) in [5, 5.41) is -2.10. The summed E-state index contributed by atoms with van der Waals surface area (Å²) in [5.41, 5.74) is -1.84. The highest BCUT2D eigenvalue weighted by Gasteiger charge is 2.40. The lowest BCUT2D eigenvalue weighted by Gasteiger charge is -2.12. The van der Waals surface area contributed by atoms with Crippen LogP contribution in [0.4, 0.5) is 32.0 Å². The number of hydrogen-bond donors (Lipinski definition) is 0. The summed E-state index contributed by atoms with van der Waals surface area (Å²) in [4.78, 5) is 12.2. The van der Waals surface area contributed by atoms with Gasteiger partial charge in [-0.3, -0.25) is 4.79 Å². The molecule has 2 nitrogen and oxygen atoms in total. The van der Waals surface area contributed by atoms with Crippen molar-refractivity contribution in [3.63, 3.8) is 0 Å². The lowest BCUT2D eigenvalue weighted by molar-refractivity contribution is 0.0994. The molecule has 2 aromatic rings. The fraction of sp³-hybridized carbons (Fsp3) is 0.0833. The minimum atomic E-state index is -2.12. The second kappa shape index (κ2) is 3.65. The van der Waals surface area contributed by atoms with Crippen molar-refractivity contribution in [1.82, 2.24) is 0 Å². The van der Waals surface area contributed by atoms with Crippen LogP contribution in [0.2, 0.25) is 0 Å². The number of carbonyl (C=O) groups excluding carboxylic acids is 1. The Kier molecular flexibility index (Phi) is 2.33. The molecular weight excluding hydrogens is 288 g/mol. The van der Waals surface area contributed by atoms with E-state index in [1.54, 1.807) is 0 Å². The van der Waals surface area contributed by atoms with Crippen molar-refractivity contribution in [1.29, 1.82) is 0 Å². The van der Waals surface area contributed by atoms with E-state index in [0.29, 0.717) is 4.90 Å². The molecule has 20 heavy (non-hydrogen) atoms. The van der Waals surface area contributed by atoms with Gasteiger partial charge in [-0.1, -0.05) is 0 Å². The van der Waals surface area contributed by atoms with Gasteiger partial charge in [-0.05, 0) is 0 Å². The average Bonchev–Trinajstić information content (AvgIpc) is 2.66. The van der Waals surface area contributed by atoms with Crippen molar-refractivity contribution >= 4 is 22.4 Å². The van der Waals surface area contributed by atoms with E-state index in [1.807, 2.05) is 0 Å². The minimum Gasteiger partial charge on any atom is -0.308 e. The average molecular weight is 291 g/mol. The molecule has 1 amide bonds. The van der Waals surface area contributed by atoms with Crippen LogP contribution in [0, 0.1) is 34.9 Å². The highest BCUT2D eigenvalue weighted by Crippen LogP contribution is 2.44. The Labute approximate surface area is 107 Å². The van der Waals surface area contributed by atoms with E-state index in [0.717, 1.165) is 7.05 Å².